The van der Waals surface area contributed by atoms with Crippen molar-refractivity contribution in [3.63, 3.8) is 0 Å². The lowest BCUT2D eigenvalue weighted by Crippen LogP contribution is -2.54. The second kappa shape index (κ2) is 11.8. The molecule has 41 heavy (non-hydrogen) atoms. The fourth-order valence-electron chi connectivity index (χ4n) is 4.99. The number of carbonyl (C=O) groups is 1. The van der Waals surface area contributed by atoms with E-state index in [0.29, 0.717) is 31.0 Å². The van der Waals surface area contributed by atoms with Gasteiger partial charge in [0.2, 0.25) is 5.91 Å². The Balaban J connectivity index is 1.90. The van der Waals surface area contributed by atoms with Crippen LogP contribution in [0.25, 0.3) is 11.8 Å². The van der Waals surface area contributed by atoms with Crippen molar-refractivity contribution in [3.05, 3.63) is 93.8 Å². The molecule has 214 valence electrons. The molecule has 1 aromatic carbocycles. The number of piperazine rings is 1. The van der Waals surface area contributed by atoms with Crippen LogP contribution in [0, 0.1) is 18.2 Å². The first-order valence-electron chi connectivity index (χ1n) is 13.2. The molecule has 9 nitrogen and oxygen atoms in total. The van der Waals surface area contributed by atoms with E-state index in [4.69, 9.17) is 11.1 Å². The summed E-state index contributed by atoms with van der Waals surface area (Å²) < 4.78 is 31.6. The number of pyridine rings is 1. The summed E-state index contributed by atoms with van der Waals surface area (Å²) in [6, 6.07) is 5.36. The van der Waals surface area contributed by atoms with Crippen LogP contribution < -0.4 is 16.3 Å². The van der Waals surface area contributed by atoms with E-state index >= 15 is 4.39 Å². The van der Waals surface area contributed by atoms with Crippen molar-refractivity contribution in [1.82, 2.24) is 19.4 Å². The molecule has 3 heterocycles. The topological polar surface area (TPSA) is 121 Å². The number of hydrogen-bond acceptors (Lipinski definition) is 7. The number of aromatic nitrogens is 3. The molecule has 3 N–H and O–H groups in total. The maximum Gasteiger partial charge on any atom is 0.354 e. The molecule has 0 spiro atoms. The number of nitrogen functional groups attached to an aromatic ring is 1. The number of amides is 1. The van der Waals surface area contributed by atoms with Crippen LogP contribution in [0.5, 0.6) is 0 Å². The highest BCUT2D eigenvalue weighted by Crippen LogP contribution is 2.29. The monoisotopic (exact) mass is 561 g/mol. The van der Waals surface area contributed by atoms with Crippen molar-refractivity contribution in [2.75, 3.05) is 30.3 Å². The van der Waals surface area contributed by atoms with Crippen LogP contribution in [-0.4, -0.2) is 56.7 Å². The number of anilines is 2. The number of nitrogens with zero attached hydrogens (tertiary/aromatic N) is 5. The van der Waals surface area contributed by atoms with Crippen LogP contribution in [0.3, 0.4) is 0 Å². The lowest BCUT2D eigenvalue weighted by atomic mass is 10.0. The SMILES string of the molecule is C=CC(=O)N1CCN(c2nc(=O)n(-c3c(C)ccnc3C(C)C)cc2/C=C(/F)C(=N)c2c(N)cccc2F)C(C)C1. The van der Waals surface area contributed by atoms with Crippen LogP contribution in [0.15, 0.2) is 59.9 Å². The number of nitrogens with one attached hydrogen (secondary N) is 1. The van der Waals surface area contributed by atoms with Gasteiger partial charge in [0, 0.05) is 49.3 Å². The van der Waals surface area contributed by atoms with E-state index in [2.05, 4.69) is 16.5 Å². The third-order valence-corrected chi connectivity index (χ3v) is 7.08. The van der Waals surface area contributed by atoms with Gasteiger partial charge in [0.1, 0.15) is 23.2 Å². The van der Waals surface area contributed by atoms with Crippen LogP contribution >= 0.6 is 0 Å². The highest BCUT2D eigenvalue weighted by Gasteiger charge is 2.29. The second-order valence-corrected chi connectivity index (χ2v) is 10.3. The Labute approximate surface area is 237 Å². The predicted octanol–water partition coefficient (Wildman–Crippen LogP) is 4.38. The molecular formula is C30H33F2N7O2. The van der Waals surface area contributed by atoms with Crippen LogP contribution in [0.1, 0.15) is 49.1 Å². The average Bonchev–Trinajstić information content (AvgIpc) is 2.93. The highest BCUT2D eigenvalue weighted by atomic mass is 19.1. The number of hydrogen-bond donors (Lipinski definition) is 2. The molecule has 1 unspecified atom stereocenters. The van der Waals surface area contributed by atoms with E-state index in [0.717, 1.165) is 17.7 Å². The maximum atomic E-state index is 15.7. The van der Waals surface area contributed by atoms with Crippen LogP contribution in [-0.2, 0) is 4.79 Å². The zero-order chi connectivity index (χ0) is 30.0. The molecule has 2 aromatic heterocycles. The molecule has 0 aliphatic carbocycles. The van der Waals surface area contributed by atoms with Crippen molar-refractivity contribution in [3.8, 4) is 5.69 Å². The number of allylic oxidation sites excluding steroid dienone is 1. The highest BCUT2D eigenvalue weighted by molar-refractivity contribution is 6.14. The number of halogens is 2. The van der Waals surface area contributed by atoms with E-state index in [-0.39, 0.29) is 40.5 Å². The molecule has 3 aromatic rings. The first-order chi connectivity index (χ1) is 19.4. The fourth-order valence-corrected chi connectivity index (χ4v) is 4.99. The largest absolute Gasteiger partial charge is 0.398 e. The van der Waals surface area contributed by atoms with Gasteiger partial charge in [0.15, 0.2) is 0 Å². The summed E-state index contributed by atoms with van der Waals surface area (Å²) in [6.45, 7) is 12.1. The minimum Gasteiger partial charge on any atom is -0.398 e. The zero-order valence-electron chi connectivity index (χ0n) is 23.5. The molecule has 1 aliphatic heterocycles. The molecule has 1 amide bonds. The van der Waals surface area contributed by atoms with Gasteiger partial charge >= 0.3 is 5.69 Å². The maximum absolute atomic E-state index is 15.7. The molecule has 0 bridgehead atoms. The van der Waals surface area contributed by atoms with Gasteiger partial charge in [-0.3, -0.25) is 19.8 Å². The van der Waals surface area contributed by atoms with Crippen molar-refractivity contribution in [1.29, 1.82) is 5.41 Å². The van der Waals surface area contributed by atoms with Crippen LogP contribution in [0.4, 0.5) is 20.3 Å². The van der Waals surface area contributed by atoms with Gasteiger partial charge in [-0.25, -0.2) is 13.6 Å². The normalized spacial score (nSPS) is 15.8. The molecule has 1 aliphatic rings. The first-order valence-corrected chi connectivity index (χ1v) is 13.2. The number of rotatable bonds is 7. The number of nitrogens with two attached hydrogens (primary N) is 1. The molecular weight excluding hydrogens is 528 g/mol. The van der Waals surface area contributed by atoms with E-state index in [1.807, 2.05) is 32.6 Å². The minimum absolute atomic E-state index is 0.0279. The fraction of sp³-hybridized carbons (Fsp3) is 0.300. The van der Waals surface area contributed by atoms with Gasteiger partial charge < -0.3 is 15.5 Å². The van der Waals surface area contributed by atoms with E-state index in [1.165, 1.54) is 29.0 Å². The van der Waals surface area contributed by atoms with Crippen molar-refractivity contribution in [2.24, 2.45) is 0 Å². The summed E-state index contributed by atoms with van der Waals surface area (Å²) in [6.07, 6.45) is 5.43. The van der Waals surface area contributed by atoms with E-state index in [1.54, 1.807) is 17.2 Å². The van der Waals surface area contributed by atoms with Gasteiger partial charge in [-0.15, -0.1) is 0 Å². The minimum atomic E-state index is -1.06. The Hall–Kier alpha value is -4.67. The second-order valence-electron chi connectivity index (χ2n) is 10.3. The van der Waals surface area contributed by atoms with Gasteiger partial charge in [-0.05, 0) is 55.7 Å². The summed E-state index contributed by atoms with van der Waals surface area (Å²) in [5, 5.41) is 8.37. The molecule has 0 saturated carbocycles. The number of benzene rings is 1. The summed E-state index contributed by atoms with van der Waals surface area (Å²) in [5.74, 6) is -1.95. The Bertz CT molecular complexity index is 1590. The third kappa shape index (κ3) is 5.79. The van der Waals surface area contributed by atoms with Crippen molar-refractivity contribution < 1.29 is 13.6 Å². The molecule has 0 radical (unpaired) electrons. The molecule has 1 atom stereocenters. The quantitative estimate of drug-likeness (QED) is 0.251. The van der Waals surface area contributed by atoms with Gasteiger partial charge in [0.05, 0.1) is 16.9 Å². The standard InChI is InChI=1S/C30H33F2N7O2/c1-6-24(40)37-12-13-38(19(5)15-37)29-20(14-22(32)26(34)25-21(31)8-7-9-23(25)33)16-39(30(41)36-29)28-18(4)10-11-35-27(28)17(2)3/h6-11,14,16-17,19,34H,1,12-13,15,33H2,2-5H3/b22-14+,34-26?. The van der Waals surface area contributed by atoms with Crippen molar-refractivity contribution >= 4 is 29.2 Å². The Kier molecular flexibility index (Phi) is 8.46. The summed E-state index contributed by atoms with van der Waals surface area (Å²) in [7, 11) is 0. The lowest BCUT2D eigenvalue weighted by molar-refractivity contribution is -0.126. The smallest absolute Gasteiger partial charge is 0.354 e. The molecule has 1 saturated heterocycles. The average molecular weight is 562 g/mol. The van der Waals surface area contributed by atoms with Crippen molar-refractivity contribution in [2.45, 2.75) is 39.7 Å². The van der Waals surface area contributed by atoms with E-state index in [9.17, 15) is 14.0 Å². The van der Waals surface area contributed by atoms with Gasteiger partial charge in [0.25, 0.3) is 0 Å². The lowest BCUT2D eigenvalue weighted by Gasteiger charge is -2.40. The summed E-state index contributed by atoms with van der Waals surface area (Å²) in [5.41, 5.74) is 6.24. The molecule has 1 fully saturated rings. The number of aryl methyl sites for hydroxylation is 1. The van der Waals surface area contributed by atoms with Gasteiger partial charge in [-0.2, -0.15) is 4.98 Å². The molecule has 11 heteroatoms. The first kappa shape index (κ1) is 29.3. The van der Waals surface area contributed by atoms with E-state index < -0.39 is 23.0 Å². The van der Waals surface area contributed by atoms with Gasteiger partial charge in [-0.1, -0.05) is 26.5 Å². The third-order valence-electron chi connectivity index (χ3n) is 7.08. The Morgan fingerprint density at radius 2 is 2.00 bits per heavy atom. The molecule has 4 rings (SSSR count). The predicted molar refractivity (Wildman–Crippen MR) is 157 cm³/mol. The summed E-state index contributed by atoms with van der Waals surface area (Å²) in [4.78, 5) is 38.0. The van der Waals surface area contributed by atoms with Crippen LogP contribution in [0.2, 0.25) is 0 Å². The number of carbonyl (C=O) groups excluding carboxylic acids is 1. The summed E-state index contributed by atoms with van der Waals surface area (Å²) >= 11 is 0. The Morgan fingerprint density at radius 1 is 1.27 bits per heavy atom. The zero-order valence-corrected chi connectivity index (χ0v) is 23.5. The Morgan fingerprint density at radius 3 is 2.63 bits per heavy atom.